The van der Waals surface area contributed by atoms with Crippen LogP contribution in [-0.2, 0) is 0 Å². The van der Waals surface area contributed by atoms with Gasteiger partial charge in [-0.2, -0.15) is 0 Å². The number of aromatic nitrogens is 1. The fraction of sp³-hybridized carbons (Fsp3) is 0. The topological polar surface area (TPSA) is 8.17 Å². The summed E-state index contributed by atoms with van der Waals surface area (Å²) in [6, 6.07) is 87.8. The van der Waals surface area contributed by atoms with Crippen molar-refractivity contribution in [2.75, 3.05) is 4.90 Å². The maximum absolute atomic E-state index is 2.40. The first-order valence-corrected chi connectivity index (χ1v) is 20.6. The van der Waals surface area contributed by atoms with Crippen LogP contribution in [0.4, 0.5) is 17.1 Å². The molecule has 11 aromatic rings. The highest BCUT2D eigenvalue weighted by atomic mass is 15.1. The van der Waals surface area contributed by atoms with E-state index in [-0.39, 0.29) is 0 Å². The van der Waals surface area contributed by atoms with Crippen LogP contribution >= 0.6 is 0 Å². The maximum Gasteiger partial charge on any atom is 0.0547 e. The van der Waals surface area contributed by atoms with E-state index < -0.39 is 0 Å². The molecule has 0 aliphatic rings. The largest absolute Gasteiger partial charge is 0.311 e. The number of hydrogen-bond acceptors (Lipinski definition) is 1. The molecule has 0 aliphatic carbocycles. The van der Waals surface area contributed by atoms with Gasteiger partial charge in [-0.05, 0) is 128 Å². The highest BCUT2D eigenvalue weighted by Gasteiger charge is 2.16. The third-order valence-corrected chi connectivity index (χ3v) is 11.8. The number of para-hydroxylation sites is 1. The lowest BCUT2D eigenvalue weighted by Crippen LogP contribution is -2.09. The quantitative estimate of drug-likeness (QED) is 0.150. The van der Waals surface area contributed by atoms with E-state index in [2.05, 4.69) is 252 Å². The first-order valence-electron chi connectivity index (χ1n) is 20.6. The summed E-state index contributed by atoms with van der Waals surface area (Å²) in [6.07, 6.45) is 0. The maximum atomic E-state index is 2.40. The first-order chi connectivity index (χ1) is 29.7. The molecule has 0 saturated carbocycles. The normalized spacial score (nSPS) is 11.3. The highest BCUT2D eigenvalue weighted by Crippen LogP contribution is 2.39. The summed E-state index contributed by atoms with van der Waals surface area (Å²) in [5, 5.41) is 5.05. The summed E-state index contributed by atoms with van der Waals surface area (Å²) in [4.78, 5) is 2.35. The number of anilines is 3. The monoisotopic (exact) mass is 764 g/mol. The minimum absolute atomic E-state index is 1.10. The molecule has 0 amide bonds. The predicted octanol–water partition coefficient (Wildman–Crippen LogP) is 16.1. The van der Waals surface area contributed by atoms with Crippen molar-refractivity contribution in [1.82, 2.24) is 4.57 Å². The molecule has 0 unspecified atom stereocenters. The van der Waals surface area contributed by atoms with Crippen LogP contribution < -0.4 is 4.90 Å². The fourth-order valence-corrected chi connectivity index (χ4v) is 8.73. The average molecular weight is 765 g/mol. The van der Waals surface area contributed by atoms with Gasteiger partial charge in [0.25, 0.3) is 0 Å². The summed E-state index contributed by atoms with van der Waals surface area (Å²) >= 11 is 0. The highest BCUT2D eigenvalue weighted by molar-refractivity contribution is 6.13. The number of benzene rings is 10. The van der Waals surface area contributed by atoms with Gasteiger partial charge in [-0.1, -0.05) is 170 Å². The lowest BCUT2D eigenvalue weighted by atomic mass is 9.99. The molecule has 0 radical (unpaired) electrons. The minimum atomic E-state index is 1.10. The smallest absolute Gasteiger partial charge is 0.0547 e. The Bertz CT molecular complexity index is 3250. The van der Waals surface area contributed by atoms with Gasteiger partial charge in [-0.15, -0.1) is 0 Å². The van der Waals surface area contributed by atoms with Crippen LogP contribution in [0, 0.1) is 0 Å². The summed E-state index contributed by atoms with van der Waals surface area (Å²) in [6.45, 7) is 0. The third-order valence-electron chi connectivity index (χ3n) is 11.8. The van der Waals surface area contributed by atoms with Gasteiger partial charge in [0.15, 0.2) is 0 Å². The Balaban J connectivity index is 0.929. The lowest BCUT2D eigenvalue weighted by Gasteiger charge is -2.26. The molecule has 60 heavy (non-hydrogen) atoms. The Labute approximate surface area is 350 Å². The van der Waals surface area contributed by atoms with Gasteiger partial charge in [0.1, 0.15) is 0 Å². The van der Waals surface area contributed by atoms with Crippen molar-refractivity contribution in [2.24, 2.45) is 0 Å². The van der Waals surface area contributed by atoms with Crippen molar-refractivity contribution in [3.8, 4) is 50.2 Å². The summed E-state index contributed by atoms with van der Waals surface area (Å²) in [5.74, 6) is 0. The molecule has 1 aromatic heterocycles. The summed E-state index contributed by atoms with van der Waals surface area (Å²) in [5.41, 5.74) is 16.5. The predicted molar refractivity (Wildman–Crippen MR) is 255 cm³/mol. The van der Waals surface area contributed by atoms with Crippen LogP contribution in [0.15, 0.2) is 243 Å². The Morgan fingerprint density at radius 1 is 0.250 bits per heavy atom. The van der Waals surface area contributed by atoms with Crippen molar-refractivity contribution in [1.29, 1.82) is 0 Å². The Morgan fingerprint density at radius 2 is 0.650 bits per heavy atom. The molecule has 0 N–H and O–H groups in total. The van der Waals surface area contributed by atoms with Crippen molar-refractivity contribution in [3.05, 3.63) is 243 Å². The van der Waals surface area contributed by atoms with Gasteiger partial charge in [-0.3, -0.25) is 0 Å². The molecule has 0 bridgehead atoms. The second-order valence-electron chi connectivity index (χ2n) is 15.4. The van der Waals surface area contributed by atoms with Gasteiger partial charge in [0.05, 0.1) is 11.0 Å². The molecule has 2 heteroatoms. The molecule has 0 atom stereocenters. The fourth-order valence-electron chi connectivity index (χ4n) is 8.73. The van der Waals surface area contributed by atoms with Crippen molar-refractivity contribution >= 4 is 49.6 Å². The molecule has 10 aromatic carbocycles. The zero-order chi connectivity index (χ0) is 39.8. The molecule has 1 heterocycles. The molecule has 0 spiro atoms. The van der Waals surface area contributed by atoms with Crippen LogP contribution in [-0.4, -0.2) is 4.57 Å². The lowest BCUT2D eigenvalue weighted by molar-refractivity contribution is 1.18. The number of nitrogens with zero attached hydrogens (tertiary/aromatic N) is 2. The third kappa shape index (κ3) is 6.51. The van der Waals surface area contributed by atoms with E-state index in [9.17, 15) is 0 Å². The Kier molecular flexibility index (Phi) is 8.87. The van der Waals surface area contributed by atoms with Crippen LogP contribution in [0.3, 0.4) is 0 Å². The van der Waals surface area contributed by atoms with E-state index in [1.54, 1.807) is 0 Å². The van der Waals surface area contributed by atoms with Gasteiger partial charge in [0, 0.05) is 33.5 Å². The molecule has 0 aliphatic heterocycles. The van der Waals surface area contributed by atoms with Crippen LogP contribution in [0.2, 0.25) is 0 Å². The minimum Gasteiger partial charge on any atom is -0.311 e. The number of rotatable bonds is 8. The summed E-state index contributed by atoms with van der Waals surface area (Å²) in [7, 11) is 0. The van der Waals surface area contributed by atoms with Crippen molar-refractivity contribution in [2.45, 2.75) is 0 Å². The zero-order valence-corrected chi connectivity index (χ0v) is 33.0. The molecule has 2 nitrogen and oxygen atoms in total. The first kappa shape index (κ1) is 35.2. The Morgan fingerprint density at radius 3 is 1.20 bits per heavy atom. The number of fused-ring (bicyclic) bond motifs is 4. The molecule has 11 rings (SSSR count). The van der Waals surface area contributed by atoms with Crippen molar-refractivity contribution < 1.29 is 0 Å². The van der Waals surface area contributed by atoms with Crippen LogP contribution in [0.5, 0.6) is 0 Å². The second-order valence-corrected chi connectivity index (χ2v) is 15.4. The van der Waals surface area contributed by atoms with Gasteiger partial charge >= 0.3 is 0 Å². The molecular weight excluding hydrogens is 725 g/mol. The van der Waals surface area contributed by atoms with E-state index in [1.807, 2.05) is 0 Å². The van der Waals surface area contributed by atoms with E-state index in [0.717, 1.165) is 22.7 Å². The SMILES string of the molecule is c1ccc(-c2ccc(N(c3ccc(-c4ccc(-n5c6ccccc6c6cc7ccccc7cc65)cc4)cc3)c3ccc(-c4cccc(-c5ccccc5)c4)cc3)cc2)cc1. The second kappa shape index (κ2) is 15.1. The number of hydrogen-bond donors (Lipinski definition) is 0. The van der Waals surface area contributed by atoms with Crippen LogP contribution in [0.1, 0.15) is 0 Å². The van der Waals surface area contributed by atoms with Crippen molar-refractivity contribution in [3.63, 3.8) is 0 Å². The molecule has 0 saturated heterocycles. The molecular formula is C58H40N2. The van der Waals surface area contributed by atoms with E-state index >= 15 is 0 Å². The van der Waals surface area contributed by atoms with Gasteiger partial charge in [0.2, 0.25) is 0 Å². The Hall–Kier alpha value is -7.94. The van der Waals surface area contributed by atoms with E-state index in [4.69, 9.17) is 0 Å². The van der Waals surface area contributed by atoms with Gasteiger partial charge < -0.3 is 9.47 Å². The summed E-state index contributed by atoms with van der Waals surface area (Å²) < 4.78 is 2.40. The molecule has 282 valence electrons. The standard InChI is InChI=1S/C58H40N2/c1-3-12-41(13-4-1)43-22-30-51(31-23-43)59(53-34-28-46(29-35-53)48-19-11-18-47(38-48)42-14-5-2-6-15-42)52-32-24-44(25-33-52)45-26-36-54(37-27-45)60-57-21-10-9-20-55(57)56-39-49-16-7-8-17-50(49)40-58(56)60/h1-40H. The van der Waals surface area contributed by atoms with E-state index in [0.29, 0.717) is 0 Å². The van der Waals surface area contributed by atoms with Gasteiger partial charge in [-0.25, -0.2) is 0 Å². The van der Waals surface area contributed by atoms with E-state index in [1.165, 1.54) is 77.1 Å². The van der Waals surface area contributed by atoms with Crippen LogP contribution in [0.25, 0.3) is 82.8 Å². The molecule has 0 fully saturated rings. The zero-order valence-electron chi connectivity index (χ0n) is 33.0. The average Bonchev–Trinajstić information content (AvgIpc) is 3.65.